The van der Waals surface area contributed by atoms with Gasteiger partial charge in [-0.3, -0.25) is 0 Å². The van der Waals surface area contributed by atoms with Gasteiger partial charge in [-0.05, 0) is 35.4 Å². The Morgan fingerprint density at radius 3 is 1.35 bits per heavy atom. The van der Waals surface area contributed by atoms with Gasteiger partial charge in [0.05, 0.1) is 35.5 Å². The Kier molecular flexibility index (Phi) is 4.19. The first-order valence-electron chi connectivity index (χ1n) is 8.94. The summed E-state index contributed by atoms with van der Waals surface area (Å²) in [7, 11) is 9.06. The Morgan fingerprint density at radius 1 is 0.654 bits per heavy atom. The van der Waals surface area contributed by atoms with Gasteiger partial charge < -0.3 is 23.8 Å². The van der Waals surface area contributed by atoms with Gasteiger partial charge in [0.15, 0.2) is 23.0 Å². The van der Waals surface area contributed by atoms with Crippen molar-refractivity contribution in [2.75, 3.05) is 35.5 Å². The molecule has 3 atom stereocenters. The Balaban J connectivity index is 1.84. The number of fused-ring (bicyclic) bond motifs is 6. The van der Waals surface area contributed by atoms with Crippen LogP contribution in [0.3, 0.4) is 0 Å². The van der Waals surface area contributed by atoms with Crippen molar-refractivity contribution in [1.29, 1.82) is 0 Å². The molecule has 2 aliphatic rings. The Hall–Kier alpha value is -2.40. The van der Waals surface area contributed by atoms with E-state index in [-0.39, 0.29) is 0 Å². The molecular weight excluding hydrogens is 330 g/mol. The maximum absolute atomic E-state index is 5.54. The van der Waals surface area contributed by atoms with Crippen molar-refractivity contribution < 1.29 is 23.8 Å². The molecule has 0 saturated heterocycles. The standard InChI is InChI=1S/C21H25NO4/c1-22-16-6-12-8-18(23-2)20(25-4)10-14(12)17(22)7-13-9-19(24-3)21(26-5)11-15(13)16/h8-11,16-17H,6-7H2,1-5H3/p+1/t16-,17+. The van der Waals surface area contributed by atoms with Crippen LogP contribution in [0.5, 0.6) is 23.0 Å². The summed E-state index contributed by atoms with van der Waals surface area (Å²) >= 11 is 0. The lowest BCUT2D eigenvalue weighted by Crippen LogP contribution is -3.11. The molecule has 2 aromatic rings. The van der Waals surface area contributed by atoms with E-state index >= 15 is 0 Å². The average Bonchev–Trinajstić information content (AvgIpc) is 2.67. The van der Waals surface area contributed by atoms with Crippen LogP contribution in [0.2, 0.25) is 0 Å². The lowest BCUT2D eigenvalue weighted by molar-refractivity contribution is -0.948. The molecule has 2 bridgehead atoms. The molecule has 2 heterocycles. The number of quaternary nitrogens is 1. The van der Waals surface area contributed by atoms with E-state index < -0.39 is 0 Å². The Bertz CT molecular complexity index is 779. The van der Waals surface area contributed by atoms with Gasteiger partial charge in [0.2, 0.25) is 0 Å². The zero-order valence-electron chi connectivity index (χ0n) is 16.0. The first kappa shape index (κ1) is 17.0. The Morgan fingerprint density at radius 2 is 1.00 bits per heavy atom. The monoisotopic (exact) mass is 356 g/mol. The molecule has 0 aromatic heterocycles. The summed E-state index contributed by atoms with van der Waals surface area (Å²) < 4.78 is 22.1. The minimum absolute atomic E-state index is 0.397. The lowest BCUT2D eigenvalue weighted by Gasteiger charge is -2.43. The highest BCUT2D eigenvalue weighted by Gasteiger charge is 2.43. The summed E-state index contributed by atoms with van der Waals surface area (Å²) in [5.41, 5.74) is 5.42. The summed E-state index contributed by atoms with van der Waals surface area (Å²) in [5, 5.41) is 0. The maximum atomic E-state index is 5.54. The SMILES string of the molecule is COc1cc2c(cc1OC)[C@H]1Cc3cc(OC)c(OC)cc3[C@H](C2)[NH+]1C. The number of rotatable bonds is 4. The third-order valence-corrected chi connectivity index (χ3v) is 5.99. The van der Waals surface area contributed by atoms with E-state index in [1.165, 1.54) is 27.2 Å². The fourth-order valence-electron chi connectivity index (χ4n) is 4.59. The first-order valence-corrected chi connectivity index (χ1v) is 8.94. The molecular formula is C21H26NO4+. The normalized spacial score (nSPS) is 22.9. The van der Waals surface area contributed by atoms with Gasteiger partial charge in [-0.2, -0.15) is 0 Å². The highest BCUT2D eigenvalue weighted by molar-refractivity contribution is 5.54. The highest BCUT2D eigenvalue weighted by atomic mass is 16.5. The molecule has 5 heteroatoms. The third-order valence-electron chi connectivity index (χ3n) is 5.99. The van der Waals surface area contributed by atoms with Gasteiger partial charge in [0, 0.05) is 24.0 Å². The van der Waals surface area contributed by atoms with Crippen molar-refractivity contribution >= 4 is 0 Å². The number of ether oxygens (including phenoxy) is 4. The predicted octanol–water partition coefficient (Wildman–Crippen LogP) is 2.13. The van der Waals surface area contributed by atoms with Crippen molar-refractivity contribution in [3.8, 4) is 23.0 Å². The second-order valence-electron chi connectivity index (χ2n) is 7.07. The smallest absolute Gasteiger partial charge is 0.161 e. The summed E-state index contributed by atoms with van der Waals surface area (Å²) in [6.45, 7) is 0. The largest absolute Gasteiger partial charge is 0.493 e. The summed E-state index contributed by atoms with van der Waals surface area (Å²) in [4.78, 5) is 1.52. The molecule has 0 spiro atoms. The van der Waals surface area contributed by atoms with E-state index in [9.17, 15) is 0 Å². The Labute approximate surface area is 154 Å². The van der Waals surface area contributed by atoms with E-state index in [2.05, 4.69) is 31.3 Å². The van der Waals surface area contributed by atoms with E-state index in [0.29, 0.717) is 12.1 Å². The summed E-state index contributed by atoms with van der Waals surface area (Å²) in [6, 6.07) is 9.40. The van der Waals surface area contributed by atoms with Gasteiger partial charge in [0.25, 0.3) is 0 Å². The summed E-state index contributed by atoms with van der Waals surface area (Å²) in [6.07, 6.45) is 1.95. The van der Waals surface area contributed by atoms with Crippen LogP contribution in [0, 0.1) is 0 Å². The lowest BCUT2D eigenvalue weighted by atomic mass is 9.76. The van der Waals surface area contributed by atoms with E-state index in [4.69, 9.17) is 18.9 Å². The molecule has 5 nitrogen and oxygen atoms in total. The molecule has 0 radical (unpaired) electrons. The molecule has 0 fully saturated rings. The number of likely N-dealkylation sites (N-methyl/N-ethyl adjacent to an activating group) is 1. The fraction of sp³-hybridized carbons (Fsp3) is 0.429. The molecule has 1 N–H and O–H groups in total. The summed E-state index contributed by atoms with van der Waals surface area (Å²) in [5.74, 6) is 3.21. The zero-order chi connectivity index (χ0) is 18.4. The molecule has 2 aromatic carbocycles. The van der Waals surface area contributed by atoms with Gasteiger partial charge in [0.1, 0.15) is 12.1 Å². The van der Waals surface area contributed by atoms with E-state index in [1.54, 1.807) is 28.4 Å². The van der Waals surface area contributed by atoms with E-state index in [0.717, 1.165) is 35.8 Å². The molecule has 0 saturated carbocycles. The molecule has 26 heavy (non-hydrogen) atoms. The highest BCUT2D eigenvalue weighted by Crippen LogP contribution is 2.43. The van der Waals surface area contributed by atoms with Crippen LogP contribution in [0.1, 0.15) is 34.3 Å². The minimum Gasteiger partial charge on any atom is -0.493 e. The van der Waals surface area contributed by atoms with Gasteiger partial charge in [-0.15, -0.1) is 0 Å². The second-order valence-corrected chi connectivity index (χ2v) is 7.07. The molecule has 0 aliphatic carbocycles. The zero-order valence-corrected chi connectivity index (χ0v) is 16.0. The van der Waals surface area contributed by atoms with Gasteiger partial charge in [-0.1, -0.05) is 0 Å². The molecule has 2 aliphatic heterocycles. The first-order chi connectivity index (χ1) is 12.6. The number of benzene rings is 2. The third kappa shape index (κ3) is 2.42. The maximum Gasteiger partial charge on any atom is 0.161 e. The average molecular weight is 356 g/mol. The van der Waals surface area contributed by atoms with Gasteiger partial charge in [-0.25, -0.2) is 0 Å². The number of methoxy groups -OCH3 is 4. The topological polar surface area (TPSA) is 41.4 Å². The van der Waals surface area contributed by atoms with Crippen molar-refractivity contribution in [3.05, 3.63) is 46.5 Å². The van der Waals surface area contributed by atoms with Crippen LogP contribution in [0.4, 0.5) is 0 Å². The fourth-order valence-corrected chi connectivity index (χ4v) is 4.59. The molecule has 0 amide bonds. The van der Waals surface area contributed by atoms with Crippen molar-refractivity contribution in [2.45, 2.75) is 24.9 Å². The van der Waals surface area contributed by atoms with E-state index in [1.807, 2.05) is 0 Å². The van der Waals surface area contributed by atoms with Crippen LogP contribution < -0.4 is 23.8 Å². The number of hydrogen-bond donors (Lipinski definition) is 1. The quantitative estimate of drug-likeness (QED) is 0.911. The second kappa shape index (κ2) is 6.40. The van der Waals surface area contributed by atoms with Crippen molar-refractivity contribution in [2.24, 2.45) is 0 Å². The van der Waals surface area contributed by atoms with Crippen molar-refractivity contribution in [1.82, 2.24) is 0 Å². The number of nitrogens with one attached hydrogen (secondary N) is 1. The van der Waals surface area contributed by atoms with Crippen LogP contribution >= 0.6 is 0 Å². The van der Waals surface area contributed by atoms with Crippen molar-refractivity contribution in [3.63, 3.8) is 0 Å². The van der Waals surface area contributed by atoms with Crippen LogP contribution in [-0.4, -0.2) is 35.5 Å². The van der Waals surface area contributed by atoms with Crippen LogP contribution in [-0.2, 0) is 12.8 Å². The predicted molar refractivity (Wildman–Crippen MR) is 98.9 cm³/mol. The van der Waals surface area contributed by atoms with Gasteiger partial charge >= 0.3 is 0 Å². The van der Waals surface area contributed by atoms with Crippen LogP contribution in [0.25, 0.3) is 0 Å². The molecule has 138 valence electrons. The molecule has 1 unspecified atom stereocenters. The van der Waals surface area contributed by atoms with Crippen LogP contribution in [0.15, 0.2) is 24.3 Å². The minimum atomic E-state index is 0.397. The number of hydrogen-bond acceptors (Lipinski definition) is 4. The molecule has 4 rings (SSSR count).